The zero-order chi connectivity index (χ0) is 15.0. The van der Waals surface area contributed by atoms with Crippen LogP contribution in [0.5, 0.6) is 11.5 Å². The molecule has 0 aromatic heterocycles. The SMILES string of the molecule is Cc1c(O)cccc1C1(c2cccc(O)c2C)CCCC1. The molecule has 0 aliphatic heterocycles. The molecule has 110 valence electrons. The smallest absolute Gasteiger partial charge is 0.118 e. The largest absolute Gasteiger partial charge is 0.508 e. The van der Waals surface area contributed by atoms with E-state index in [-0.39, 0.29) is 5.41 Å². The third-order valence-corrected chi connectivity index (χ3v) is 5.10. The van der Waals surface area contributed by atoms with Crippen LogP contribution in [0.25, 0.3) is 0 Å². The molecule has 21 heavy (non-hydrogen) atoms. The quantitative estimate of drug-likeness (QED) is 0.846. The van der Waals surface area contributed by atoms with E-state index in [4.69, 9.17) is 0 Å². The van der Waals surface area contributed by atoms with Gasteiger partial charge in [-0.2, -0.15) is 0 Å². The maximum atomic E-state index is 10.1. The lowest BCUT2D eigenvalue weighted by atomic mass is 9.70. The molecule has 3 rings (SSSR count). The van der Waals surface area contributed by atoms with E-state index in [1.165, 1.54) is 24.0 Å². The zero-order valence-electron chi connectivity index (χ0n) is 12.7. The summed E-state index contributed by atoms with van der Waals surface area (Å²) in [6, 6.07) is 11.6. The van der Waals surface area contributed by atoms with Crippen LogP contribution in [0.3, 0.4) is 0 Å². The van der Waals surface area contributed by atoms with Gasteiger partial charge in [-0.25, -0.2) is 0 Å². The Labute approximate surface area is 126 Å². The number of aromatic hydroxyl groups is 2. The molecule has 0 radical (unpaired) electrons. The summed E-state index contributed by atoms with van der Waals surface area (Å²) in [5.74, 6) is 0.716. The molecule has 2 nitrogen and oxygen atoms in total. The van der Waals surface area contributed by atoms with Crippen molar-refractivity contribution in [2.45, 2.75) is 44.9 Å². The van der Waals surface area contributed by atoms with Gasteiger partial charge in [0.15, 0.2) is 0 Å². The Balaban J connectivity index is 2.26. The van der Waals surface area contributed by atoms with Crippen molar-refractivity contribution in [2.75, 3.05) is 0 Å². The summed E-state index contributed by atoms with van der Waals surface area (Å²) in [6.45, 7) is 3.98. The summed E-state index contributed by atoms with van der Waals surface area (Å²) < 4.78 is 0. The number of benzene rings is 2. The Morgan fingerprint density at radius 1 is 0.762 bits per heavy atom. The van der Waals surface area contributed by atoms with Crippen molar-refractivity contribution in [1.29, 1.82) is 0 Å². The average Bonchev–Trinajstić information content (AvgIpc) is 2.95. The fourth-order valence-electron chi connectivity index (χ4n) is 3.95. The fourth-order valence-corrected chi connectivity index (χ4v) is 3.95. The standard InChI is InChI=1S/C19H22O2/c1-13-15(7-5-9-17(13)20)19(11-3-4-12-19)16-8-6-10-18(21)14(16)2/h5-10,20-21H,3-4,11-12H2,1-2H3. The minimum absolute atomic E-state index is 0.0777. The molecule has 0 atom stereocenters. The van der Waals surface area contributed by atoms with Gasteiger partial charge in [0.05, 0.1) is 0 Å². The fraction of sp³-hybridized carbons (Fsp3) is 0.368. The molecule has 1 saturated carbocycles. The van der Waals surface area contributed by atoms with Gasteiger partial charge in [-0.05, 0) is 61.1 Å². The summed E-state index contributed by atoms with van der Waals surface area (Å²) in [5.41, 5.74) is 4.25. The van der Waals surface area contributed by atoms with Crippen LogP contribution in [-0.4, -0.2) is 10.2 Å². The maximum absolute atomic E-state index is 10.1. The molecule has 0 saturated heterocycles. The van der Waals surface area contributed by atoms with Crippen LogP contribution in [-0.2, 0) is 5.41 Å². The molecule has 1 fully saturated rings. The number of hydrogen-bond donors (Lipinski definition) is 2. The monoisotopic (exact) mass is 282 g/mol. The second-order valence-corrected chi connectivity index (χ2v) is 6.19. The molecule has 2 aromatic rings. The summed E-state index contributed by atoms with van der Waals surface area (Å²) in [6.07, 6.45) is 4.51. The first-order valence-corrected chi connectivity index (χ1v) is 7.64. The van der Waals surface area contributed by atoms with Gasteiger partial charge in [0, 0.05) is 5.41 Å². The van der Waals surface area contributed by atoms with Gasteiger partial charge in [0.1, 0.15) is 11.5 Å². The van der Waals surface area contributed by atoms with Crippen LogP contribution in [0.2, 0.25) is 0 Å². The molecule has 0 amide bonds. The van der Waals surface area contributed by atoms with Gasteiger partial charge in [0.25, 0.3) is 0 Å². The highest BCUT2D eigenvalue weighted by atomic mass is 16.3. The first-order valence-electron chi connectivity index (χ1n) is 7.64. The van der Waals surface area contributed by atoms with E-state index in [0.29, 0.717) is 11.5 Å². The zero-order valence-corrected chi connectivity index (χ0v) is 12.7. The number of rotatable bonds is 2. The highest BCUT2D eigenvalue weighted by Crippen LogP contribution is 2.50. The van der Waals surface area contributed by atoms with Crippen molar-refractivity contribution in [2.24, 2.45) is 0 Å². The van der Waals surface area contributed by atoms with Crippen LogP contribution in [0.4, 0.5) is 0 Å². The molecule has 1 aliphatic rings. The molecule has 0 bridgehead atoms. The van der Waals surface area contributed by atoms with Gasteiger partial charge >= 0.3 is 0 Å². The van der Waals surface area contributed by atoms with E-state index >= 15 is 0 Å². The van der Waals surface area contributed by atoms with Crippen molar-refractivity contribution in [3.8, 4) is 11.5 Å². The van der Waals surface area contributed by atoms with Gasteiger partial charge in [-0.15, -0.1) is 0 Å². The highest BCUT2D eigenvalue weighted by Gasteiger charge is 2.40. The molecule has 2 N–H and O–H groups in total. The Hall–Kier alpha value is -1.96. The first-order chi connectivity index (χ1) is 10.1. The predicted molar refractivity (Wildman–Crippen MR) is 84.9 cm³/mol. The lowest BCUT2D eigenvalue weighted by Crippen LogP contribution is -2.26. The van der Waals surface area contributed by atoms with E-state index in [0.717, 1.165) is 24.0 Å². The van der Waals surface area contributed by atoms with Crippen molar-refractivity contribution >= 4 is 0 Å². The molecular weight excluding hydrogens is 260 g/mol. The van der Waals surface area contributed by atoms with E-state index < -0.39 is 0 Å². The van der Waals surface area contributed by atoms with Crippen molar-refractivity contribution in [1.82, 2.24) is 0 Å². The number of phenols is 2. The average molecular weight is 282 g/mol. The molecular formula is C19H22O2. The minimum atomic E-state index is -0.0777. The maximum Gasteiger partial charge on any atom is 0.118 e. The summed E-state index contributed by atoms with van der Waals surface area (Å²) in [4.78, 5) is 0. The van der Waals surface area contributed by atoms with Crippen LogP contribution >= 0.6 is 0 Å². The van der Waals surface area contributed by atoms with Crippen LogP contribution in [0.15, 0.2) is 36.4 Å². The van der Waals surface area contributed by atoms with Crippen LogP contribution < -0.4 is 0 Å². The molecule has 2 aromatic carbocycles. The summed E-state index contributed by atoms with van der Waals surface area (Å²) in [7, 11) is 0. The van der Waals surface area contributed by atoms with Crippen LogP contribution in [0, 0.1) is 13.8 Å². The summed E-state index contributed by atoms with van der Waals surface area (Å²) in [5, 5.41) is 20.2. The molecule has 0 spiro atoms. The highest BCUT2D eigenvalue weighted by molar-refractivity contribution is 5.53. The van der Waals surface area contributed by atoms with Gasteiger partial charge < -0.3 is 10.2 Å². The van der Waals surface area contributed by atoms with Gasteiger partial charge in [-0.1, -0.05) is 37.1 Å². The van der Waals surface area contributed by atoms with E-state index in [1.807, 2.05) is 26.0 Å². The van der Waals surface area contributed by atoms with E-state index in [2.05, 4.69) is 12.1 Å². The van der Waals surface area contributed by atoms with Crippen molar-refractivity contribution < 1.29 is 10.2 Å². The van der Waals surface area contributed by atoms with Crippen LogP contribution in [0.1, 0.15) is 47.9 Å². The van der Waals surface area contributed by atoms with Crippen molar-refractivity contribution in [3.63, 3.8) is 0 Å². The number of hydrogen-bond acceptors (Lipinski definition) is 2. The Bertz CT molecular complexity index is 614. The van der Waals surface area contributed by atoms with E-state index in [9.17, 15) is 10.2 Å². The second kappa shape index (κ2) is 5.10. The van der Waals surface area contributed by atoms with Gasteiger partial charge in [-0.3, -0.25) is 0 Å². The first kappa shape index (κ1) is 14.0. The lowest BCUT2D eigenvalue weighted by Gasteiger charge is -2.33. The number of phenolic OH excluding ortho intramolecular Hbond substituents is 2. The Kier molecular flexibility index (Phi) is 3.40. The third-order valence-electron chi connectivity index (χ3n) is 5.10. The lowest BCUT2D eigenvalue weighted by molar-refractivity contribution is 0.456. The second-order valence-electron chi connectivity index (χ2n) is 6.19. The Morgan fingerprint density at radius 3 is 1.62 bits per heavy atom. The topological polar surface area (TPSA) is 40.5 Å². The molecule has 2 heteroatoms. The minimum Gasteiger partial charge on any atom is -0.508 e. The Morgan fingerprint density at radius 2 is 1.19 bits per heavy atom. The molecule has 0 heterocycles. The predicted octanol–water partition coefficient (Wildman–Crippen LogP) is 4.57. The normalized spacial score (nSPS) is 17.0. The van der Waals surface area contributed by atoms with Gasteiger partial charge in [0.2, 0.25) is 0 Å². The molecule has 1 aliphatic carbocycles. The van der Waals surface area contributed by atoms with E-state index in [1.54, 1.807) is 12.1 Å². The molecule has 0 unspecified atom stereocenters. The third kappa shape index (κ3) is 2.10. The van der Waals surface area contributed by atoms with Crippen molar-refractivity contribution in [3.05, 3.63) is 58.7 Å². The summed E-state index contributed by atoms with van der Waals surface area (Å²) >= 11 is 0.